The molecule has 0 saturated heterocycles. The Hall–Kier alpha value is -1.78. The van der Waals surface area contributed by atoms with E-state index in [2.05, 4.69) is 22.5 Å². The van der Waals surface area contributed by atoms with Gasteiger partial charge in [0.15, 0.2) is 5.96 Å². The van der Waals surface area contributed by atoms with Gasteiger partial charge in [0.2, 0.25) is 5.88 Å². The van der Waals surface area contributed by atoms with Crippen molar-refractivity contribution in [3.63, 3.8) is 0 Å². The van der Waals surface area contributed by atoms with Gasteiger partial charge in [-0.25, -0.2) is 9.98 Å². The summed E-state index contributed by atoms with van der Waals surface area (Å²) in [5, 5.41) is 6.88. The molecule has 0 atom stereocenters. The number of nitrogens with one attached hydrogen (secondary N) is 2. The van der Waals surface area contributed by atoms with Crippen LogP contribution in [0.2, 0.25) is 0 Å². The zero-order valence-corrected chi connectivity index (χ0v) is 14.1. The van der Waals surface area contributed by atoms with Crippen LogP contribution in [0.15, 0.2) is 23.3 Å². The molecule has 126 valence electrons. The number of hydrogen-bond acceptors (Lipinski definition) is 3. The summed E-state index contributed by atoms with van der Waals surface area (Å²) in [6.45, 7) is 4.42. The van der Waals surface area contributed by atoms with Gasteiger partial charge in [0, 0.05) is 24.8 Å². The first-order chi connectivity index (χ1) is 11.3. The van der Waals surface area contributed by atoms with Crippen LogP contribution < -0.4 is 15.4 Å². The van der Waals surface area contributed by atoms with Crippen LogP contribution in [-0.4, -0.2) is 30.1 Å². The van der Waals surface area contributed by atoms with Gasteiger partial charge in [0.25, 0.3) is 0 Å². The van der Waals surface area contributed by atoms with Gasteiger partial charge in [0.05, 0.1) is 13.2 Å². The molecule has 1 aromatic heterocycles. The van der Waals surface area contributed by atoms with E-state index < -0.39 is 0 Å². The van der Waals surface area contributed by atoms with Crippen molar-refractivity contribution in [2.75, 3.05) is 13.2 Å². The third-order valence-corrected chi connectivity index (χ3v) is 4.42. The highest BCUT2D eigenvalue weighted by Gasteiger charge is 2.22. The summed E-state index contributed by atoms with van der Waals surface area (Å²) in [5.41, 5.74) is 1.13. The van der Waals surface area contributed by atoms with E-state index in [0.717, 1.165) is 36.5 Å². The van der Waals surface area contributed by atoms with E-state index in [1.165, 1.54) is 38.5 Å². The number of hydrogen-bond donors (Lipinski definition) is 2. The molecule has 2 N–H and O–H groups in total. The van der Waals surface area contributed by atoms with Crippen LogP contribution in [0.1, 0.15) is 51.0 Å². The predicted octanol–water partition coefficient (Wildman–Crippen LogP) is 2.87. The van der Waals surface area contributed by atoms with Gasteiger partial charge in [-0.15, -0.1) is 0 Å². The minimum atomic E-state index is 0.572. The van der Waals surface area contributed by atoms with E-state index in [-0.39, 0.29) is 0 Å². The standard InChI is InChI=1S/C18H28N4O/c1-2-19-18(22-16-5-3-4-6-16)21-12-15-9-10-20-17(11-15)23-13-14-7-8-14/h9-11,14,16H,2-8,12-13H2,1H3,(H2,19,21,22). The molecule has 2 aliphatic rings. The Labute approximate surface area is 138 Å². The monoisotopic (exact) mass is 316 g/mol. The summed E-state index contributed by atoms with van der Waals surface area (Å²) >= 11 is 0. The molecule has 0 unspecified atom stereocenters. The van der Waals surface area contributed by atoms with Crippen LogP contribution in [0, 0.1) is 5.92 Å². The van der Waals surface area contributed by atoms with E-state index in [0.29, 0.717) is 12.6 Å². The summed E-state index contributed by atoms with van der Waals surface area (Å²) in [7, 11) is 0. The summed E-state index contributed by atoms with van der Waals surface area (Å²) in [4.78, 5) is 8.99. The topological polar surface area (TPSA) is 58.5 Å². The van der Waals surface area contributed by atoms with Crippen molar-refractivity contribution in [3.8, 4) is 5.88 Å². The highest BCUT2D eigenvalue weighted by Crippen LogP contribution is 2.29. The first-order valence-corrected chi connectivity index (χ1v) is 8.96. The molecule has 2 saturated carbocycles. The largest absolute Gasteiger partial charge is 0.477 e. The second-order valence-corrected chi connectivity index (χ2v) is 6.58. The Morgan fingerprint density at radius 2 is 2.13 bits per heavy atom. The fourth-order valence-corrected chi connectivity index (χ4v) is 2.87. The molecule has 3 rings (SSSR count). The Balaban J connectivity index is 1.55. The quantitative estimate of drug-likeness (QED) is 0.600. The van der Waals surface area contributed by atoms with E-state index in [9.17, 15) is 0 Å². The van der Waals surface area contributed by atoms with E-state index in [1.54, 1.807) is 0 Å². The predicted molar refractivity (Wildman–Crippen MR) is 92.7 cm³/mol. The molecule has 2 fully saturated rings. The fourth-order valence-electron chi connectivity index (χ4n) is 2.87. The third kappa shape index (κ3) is 5.41. The van der Waals surface area contributed by atoms with Gasteiger partial charge in [-0.3, -0.25) is 0 Å². The SMILES string of the molecule is CCNC(=NCc1ccnc(OCC2CC2)c1)NC1CCCC1. The van der Waals surface area contributed by atoms with E-state index >= 15 is 0 Å². The van der Waals surface area contributed by atoms with Crippen molar-refractivity contribution in [2.24, 2.45) is 10.9 Å². The molecule has 23 heavy (non-hydrogen) atoms. The lowest BCUT2D eigenvalue weighted by atomic mass is 10.2. The summed E-state index contributed by atoms with van der Waals surface area (Å²) in [5.74, 6) is 2.38. The van der Waals surface area contributed by atoms with Gasteiger partial charge in [-0.2, -0.15) is 0 Å². The maximum atomic E-state index is 5.74. The lowest BCUT2D eigenvalue weighted by molar-refractivity contribution is 0.288. The number of pyridine rings is 1. The van der Waals surface area contributed by atoms with E-state index in [1.807, 2.05) is 18.3 Å². The van der Waals surface area contributed by atoms with Crippen molar-refractivity contribution < 1.29 is 4.74 Å². The van der Waals surface area contributed by atoms with Crippen LogP contribution in [0.25, 0.3) is 0 Å². The summed E-state index contributed by atoms with van der Waals surface area (Å²) < 4.78 is 5.74. The number of ether oxygens (including phenoxy) is 1. The van der Waals surface area contributed by atoms with E-state index in [4.69, 9.17) is 9.73 Å². The molecule has 0 spiro atoms. The highest BCUT2D eigenvalue weighted by atomic mass is 16.5. The maximum Gasteiger partial charge on any atom is 0.213 e. The second-order valence-electron chi connectivity index (χ2n) is 6.58. The minimum absolute atomic E-state index is 0.572. The molecule has 5 heteroatoms. The molecule has 0 radical (unpaired) electrons. The van der Waals surface area contributed by atoms with Crippen molar-refractivity contribution >= 4 is 5.96 Å². The third-order valence-electron chi connectivity index (χ3n) is 4.42. The van der Waals surface area contributed by atoms with Gasteiger partial charge >= 0.3 is 0 Å². The second kappa shape index (κ2) is 8.18. The smallest absolute Gasteiger partial charge is 0.213 e. The van der Waals surface area contributed by atoms with Crippen LogP contribution in [0.3, 0.4) is 0 Å². The maximum absolute atomic E-state index is 5.74. The molecule has 1 heterocycles. The molecule has 2 aliphatic carbocycles. The Kier molecular flexibility index (Phi) is 5.72. The van der Waals surface area contributed by atoms with Crippen molar-refractivity contribution in [1.29, 1.82) is 0 Å². The summed E-state index contributed by atoms with van der Waals surface area (Å²) in [6.07, 6.45) is 9.54. The average molecular weight is 316 g/mol. The highest BCUT2D eigenvalue weighted by molar-refractivity contribution is 5.80. The van der Waals surface area contributed by atoms with Crippen molar-refractivity contribution in [1.82, 2.24) is 15.6 Å². The van der Waals surface area contributed by atoms with Crippen LogP contribution in [0.4, 0.5) is 0 Å². The lowest BCUT2D eigenvalue weighted by Gasteiger charge is -2.16. The molecular formula is C18H28N4O. The Bertz CT molecular complexity index is 522. The number of nitrogens with zero attached hydrogens (tertiary/aromatic N) is 2. The molecule has 0 aromatic carbocycles. The van der Waals surface area contributed by atoms with Crippen LogP contribution in [-0.2, 0) is 6.54 Å². The number of aliphatic imine (C=N–C) groups is 1. The Morgan fingerprint density at radius 3 is 2.87 bits per heavy atom. The number of guanidine groups is 1. The average Bonchev–Trinajstić information content (AvgIpc) is 3.26. The fraction of sp³-hybridized carbons (Fsp3) is 0.667. The van der Waals surface area contributed by atoms with Crippen LogP contribution >= 0.6 is 0 Å². The molecular weight excluding hydrogens is 288 g/mol. The lowest BCUT2D eigenvalue weighted by Crippen LogP contribution is -2.42. The van der Waals surface area contributed by atoms with Gasteiger partial charge in [0.1, 0.15) is 0 Å². The number of aromatic nitrogens is 1. The van der Waals surface area contributed by atoms with Crippen LogP contribution in [0.5, 0.6) is 5.88 Å². The molecule has 5 nitrogen and oxygen atoms in total. The minimum Gasteiger partial charge on any atom is -0.477 e. The first kappa shape index (κ1) is 16.1. The van der Waals surface area contributed by atoms with Gasteiger partial charge < -0.3 is 15.4 Å². The Morgan fingerprint density at radius 1 is 1.30 bits per heavy atom. The number of rotatable bonds is 7. The zero-order chi connectivity index (χ0) is 15.9. The zero-order valence-electron chi connectivity index (χ0n) is 14.1. The molecule has 0 bridgehead atoms. The summed E-state index contributed by atoms with van der Waals surface area (Å²) in [6, 6.07) is 4.58. The van der Waals surface area contributed by atoms with Gasteiger partial charge in [-0.1, -0.05) is 12.8 Å². The molecule has 0 amide bonds. The normalized spacial score (nSPS) is 18.9. The molecule has 1 aromatic rings. The van der Waals surface area contributed by atoms with Crippen molar-refractivity contribution in [2.45, 2.75) is 58.0 Å². The first-order valence-electron chi connectivity index (χ1n) is 8.96. The van der Waals surface area contributed by atoms with Crippen molar-refractivity contribution in [3.05, 3.63) is 23.9 Å². The van der Waals surface area contributed by atoms with Gasteiger partial charge in [-0.05, 0) is 50.2 Å². The molecule has 0 aliphatic heterocycles.